The Bertz CT molecular complexity index is 755. The number of carbonyl (C=O) groups is 1. The van der Waals surface area contributed by atoms with E-state index in [0.29, 0.717) is 4.48 Å². The average Bonchev–Trinajstić information content (AvgIpc) is 2.60. The second-order valence-electron chi connectivity index (χ2n) is 8.31. The molecule has 0 radical (unpaired) electrons. The van der Waals surface area contributed by atoms with Crippen molar-refractivity contribution in [1.29, 1.82) is 0 Å². The predicted octanol–water partition coefficient (Wildman–Crippen LogP) is 5.13. The number of likely N-dealkylation sites (N-methyl/N-ethyl adjacent to an activating group) is 1. The molecular weight excluding hydrogens is 518 g/mol. The van der Waals surface area contributed by atoms with Gasteiger partial charge in [-0.15, -0.1) is 0 Å². The van der Waals surface area contributed by atoms with E-state index in [0.717, 1.165) is 17.1 Å². The van der Waals surface area contributed by atoms with Crippen LogP contribution in [0.4, 0.5) is 26.3 Å². The molecule has 206 valence electrons. The van der Waals surface area contributed by atoms with Crippen LogP contribution in [-0.4, -0.2) is 70.6 Å². The Morgan fingerprint density at radius 3 is 1.35 bits per heavy atom. The van der Waals surface area contributed by atoms with E-state index in [1.165, 1.54) is 57.8 Å². The fourth-order valence-electron chi connectivity index (χ4n) is 2.69. The van der Waals surface area contributed by atoms with Gasteiger partial charge in [0, 0.05) is 0 Å². The zero-order valence-corrected chi connectivity index (χ0v) is 21.1. The molecule has 0 aromatic rings. The van der Waals surface area contributed by atoms with E-state index in [2.05, 4.69) is 6.92 Å². The van der Waals surface area contributed by atoms with Crippen LogP contribution in [-0.2, 0) is 24.8 Å². The molecule has 0 aliphatic heterocycles. The van der Waals surface area contributed by atoms with Gasteiger partial charge >= 0.3 is 17.0 Å². The monoisotopic (exact) mass is 552 g/mol. The van der Waals surface area contributed by atoms with E-state index in [9.17, 15) is 48.0 Å². The minimum absolute atomic E-state index is 0.234. The van der Waals surface area contributed by atoms with Crippen LogP contribution in [0.25, 0.3) is 4.13 Å². The summed E-state index contributed by atoms with van der Waals surface area (Å²) in [5.74, 6) is -0.697. The van der Waals surface area contributed by atoms with Crippen LogP contribution in [0, 0.1) is 0 Å². The van der Waals surface area contributed by atoms with Gasteiger partial charge in [0.25, 0.3) is 0 Å². The van der Waals surface area contributed by atoms with Gasteiger partial charge in [-0.2, -0.15) is 26.3 Å². The van der Waals surface area contributed by atoms with Gasteiger partial charge in [-0.1, -0.05) is 58.3 Å². The zero-order chi connectivity index (χ0) is 27.3. The highest BCUT2D eigenvalue weighted by molar-refractivity contribution is 8.13. The van der Waals surface area contributed by atoms with Gasteiger partial charge in [0.1, 0.15) is 0 Å². The molecule has 0 saturated heterocycles. The Labute approximate surface area is 197 Å². The molecule has 0 aliphatic carbocycles. The van der Waals surface area contributed by atoms with E-state index in [1.54, 1.807) is 0 Å². The van der Waals surface area contributed by atoms with Gasteiger partial charge in [-0.3, -0.25) is 0 Å². The topological polar surface area (TPSA) is 120 Å². The molecule has 1 N–H and O–H groups in total. The summed E-state index contributed by atoms with van der Waals surface area (Å²) in [6.45, 7) is 3.46. The number of quaternary nitrogens is 1. The summed E-state index contributed by atoms with van der Waals surface area (Å²) in [4.78, 5) is 10.7. The molecule has 0 atom stereocenters. The van der Waals surface area contributed by atoms with E-state index in [-0.39, 0.29) is 6.54 Å². The lowest BCUT2D eigenvalue weighted by atomic mass is 10.1. The Kier molecular flexibility index (Phi) is 15.5. The maximum absolute atomic E-state index is 11.4. The molecule has 0 aromatic heterocycles. The molecule has 0 fully saturated rings. The number of carboxylic acids is 1. The molecule has 0 unspecified atom stereocenters. The van der Waals surface area contributed by atoms with Crippen LogP contribution in [0.15, 0.2) is 0 Å². The highest BCUT2D eigenvalue weighted by Gasteiger charge is 2.46. The van der Waals surface area contributed by atoms with Crippen molar-refractivity contribution in [3.63, 3.8) is 0 Å². The van der Waals surface area contributed by atoms with E-state index < -0.39 is 37.0 Å². The second kappa shape index (κ2) is 15.1. The van der Waals surface area contributed by atoms with Gasteiger partial charge in [0.05, 0.1) is 20.6 Å². The summed E-state index contributed by atoms with van der Waals surface area (Å²) in [5.41, 5.74) is -12.4. The van der Waals surface area contributed by atoms with Gasteiger partial charge < -0.3 is 13.7 Å². The highest BCUT2D eigenvalue weighted by atomic mass is 32.3. The van der Waals surface area contributed by atoms with E-state index in [1.807, 2.05) is 14.1 Å². The van der Waals surface area contributed by atoms with Crippen molar-refractivity contribution in [2.24, 2.45) is 0 Å². The number of alkyl halides is 6. The number of unbranched alkanes of at least 4 members (excludes halogenated alkanes) is 9. The van der Waals surface area contributed by atoms with Crippen LogP contribution in [0.1, 0.15) is 71.1 Å². The molecular formula is C18H34F6N2O6S2. The van der Waals surface area contributed by atoms with Crippen LogP contribution in [0.5, 0.6) is 0 Å². The van der Waals surface area contributed by atoms with Crippen molar-refractivity contribution >= 4 is 26.0 Å². The summed E-state index contributed by atoms with van der Waals surface area (Å²) in [6, 6.07) is 0. The van der Waals surface area contributed by atoms with Gasteiger partial charge in [-0.05, 0) is 12.8 Å². The predicted molar refractivity (Wildman–Crippen MR) is 115 cm³/mol. The summed E-state index contributed by atoms with van der Waals surface area (Å²) < 4.78 is 110. The van der Waals surface area contributed by atoms with Crippen molar-refractivity contribution in [2.45, 2.75) is 82.1 Å². The number of carboxylic acid groups (broad SMARTS) is 1. The van der Waals surface area contributed by atoms with Gasteiger partial charge in [0.2, 0.25) is 0 Å². The lowest BCUT2D eigenvalue weighted by molar-refractivity contribution is -0.883. The molecule has 16 heteroatoms. The van der Waals surface area contributed by atoms with Crippen LogP contribution < -0.4 is 0 Å². The van der Waals surface area contributed by atoms with Gasteiger partial charge in [0.15, 0.2) is 26.6 Å². The van der Waals surface area contributed by atoms with E-state index in [4.69, 9.17) is 5.11 Å². The molecule has 34 heavy (non-hydrogen) atoms. The maximum atomic E-state index is 11.4. The van der Waals surface area contributed by atoms with Crippen LogP contribution >= 0.6 is 0 Å². The molecule has 0 rings (SSSR count). The Hall–Kier alpha value is -1.13. The summed E-state index contributed by atoms with van der Waals surface area (Å²) in [5, 5.41) is 8.79. The van der Waals surface area contributed by atoms with Crippen LogP contribution in [0.3, 0.4) is 0 Å². The number of sulfonamides is 2. The lowest BCUT2D eigenvalue weighted by Gasteiger charge is -2.27. The largest absolute Gasteiger partial charge is 0.480 e. The van der Waals surface area contributed by atoms with Crippen molar-refractivity contribution in [2.75, 3.05) is 27.2 Å². The zero-order valence-electron chi connectivity index (χ0n) is 19.5. The quantitative estimate of drug-likeness (QED) is 0.171. The first-order valence-corrected chi connectivity index (χ1v) is 13.5. The van der Waals surface area contributed by atoms with Gasteiger partial charge in [-0.25, -0.2) is 21.6 Å². The van der Waals surface area contributed by atoms with Crippen molar-refractivity contribution in [1.82, 2.24) is 0 Å². The molecule has 0 saturated carbocycles. The molecule has 0 bridgehead atoms. The average molecular weight is 553 g/mol. The third-order valence-corrected chi connectivity index (χ3v) is 7.20. The number of hydrogen-bond acceptors (Lipinski definition) is 5. The third-order valence-electron chi connectivity index (χ3n) is 4.46. The minimum atomic E-state index is -6.72. The van der Waals surface area contributed by atoms with Crippen molar-refractivity contribution in [3.05, 3.63) is 4.13 Å². The second-order valence-corrected chi connectivity index (χ2v) is 11.7. The van der Waals surface area contributed by atoms with Crippen molar-refractivity contribution < 1.29 is 57.6 Å². The molecule has 0 amide bonds. The molecule has 0 aromatic carbocycles. The third kappa shape index (κ3) is 16.5. The first kappa shape index (κ1) is 35.0. The molecule has 0 aliphatic rings. The summed E-state index contributed by atoms with van der Waals surface area (Å²) in [6.07, 6.45) is 13.3. The SMILES string of the molecule is CCCCCCCCCCCC[N+](C)(C)CC(=O)O.O=S(=O)([N-]S(=O)(=O)C(F)(F)F)C(F)(F)F. The molecule has 0 heterocycles. The minimum Gasteiger partial charge on any atom is -0.477 e. The van der Waals surface area contributed by atoms with Crippen molar-refractivity contribution in [3.8, 4) is 0 Å². The Morgan fingerprint density at radius 1 is 0.735 bits per heavy atom. The lowest BCUT2D eigenvalue weighted by Crippen LogP contribution is -2.44. The number of nitrogens with zero attached hydrogens (tertiary/aromatic N) is 2. The standard InChI is InChI=1S/C16H33NO2.C2F6NO4S2/c1-4-5-6-7-8-9-10-11-12-13-14-17(2,3)15-16(18)19;3-1(4,5)14(10,11)9-15(12,13)2(6,7)8/h4-15H2,1-3H3;/q;-1/p+1. The summed E-state index contributed by atoms with van der Waals surface area (Å²) >= 11 is 0. The summed E-state index contributed by atoms with van der Waals surface area (Å²) in [7, 11) is -9.44. The highest BCUT2D eigenvalue weighted by Crippen LogP contribution is 2.36. The number of hydrogen-bond donors (Lipinski definition) is 1. The Morgan fingerprint density at radius 2 is 1.06 bits per heavy atom. The van der Waals surface area contributed by atoms with E-state index >= 15 is 0 Å². The number of aliphatic carboxylic acids is 1. The van der Waals surface area contributed by atoms with Crippen LogP contribution in [0.2, 0.25) is 0 Å². The fraction of sp³-hybridized carbons (Fsp3) is 0.944. The first-order chi connectivity index (χ1) is 15.2. The smallest absolute Gasteiger partial charge is 0.477 e. The fourth-order valence-corrected chi connectivity index (χ4v) is 4.40. The first-order valence-electron chi connectivity index (χ1n) is 10.6. The maximum Gasteiger partial charge on any atom is 0.480 e. The molecule has 8 nitrogen and oxygen atoms in total. The number of rotatable bonds is 15. The Balaban J connectivity index is 0. The molecule has 0 spiro atoms. The number of halogens is 6. The normalized spacial score (nSPS) is 13.3.